The van der Waals surface area contributed by atoms with Crippen molar-refractivity contribution >= 4 is 58.1 Å². The van der Waals surface area contributed by atoms with Crippen molar-refractivity contribution < 1.29 is 39.0 Å². The van der Waals surface area contributed by atoms with Crippen LogP contribution in [0.4, 0.5) is 11.6 Å². The average Bonchev–Trinajstić information content (AvgIpc) is 1.65. The number of aliphatic hydroxyl groups excluding tert-OH is 2. The minimum absolute atomic E-state index is 0. The lowest BCUT2D eigenvalue weighted by atomic mass is 9.90. The Bertz CT molecular complexity index is 4310. The summed E-state index contributed by atoms with van der Waals surface area (Å²) in [4.78, 5) is 108. The number of likely N-dealkylation sites (N-methyl/N-ethyl adjacent to an activating group) is 2. The first-order chi connectivity index (χ1) is 52.2. The van der Waals surface area contributed by atoms with E-state index in [4.69, 9.17) is 19.9 Å². The van der Waals surface area contributed by atoms with Gasteiger partial charge in [-0.15, -0.1) is 0 Å². The third-order valence-electron chi connectivity index (χ3n) is 22.1. The molecule has 5 aliphatic rings. The zero-order valence-corrected chi connectivity index (χ0v) is 63.0. The summed E-state index contributed by atoms with van der Waals surface area (Å²) in [5, 5.41) is 27.8. The first-order valence-corrected chi connectivity index (χ1v) is 39.2. The van der Waals surface area contributed by atoms with E-state index in [0.29, 0.717) is 76.8 Å². The number of anilines is 2. The van der Waals surface area contributed by atoms with Crippen LogP contribution < -0.4 is 20.4 Å². The van der Waals surface area contributed by atoms with Gasteiger partial charge < -0.3 is 40.4 Å². The minimum Gasteiger partial charge on any atom is -0.390 e. The van der Waals surface area contributed by atoms with Crippen molar-refractivity contribution in [2.75, 3.05) is 109 Å². The second kappa shape index (κ2) is 39.3. The molecule has 0 unspecified atom stereocenters. The number of unbranched alkanes of at least 4 members (excludes halogenated alkanes) is 2. The van der Waals surface area contributed by atoms with Crippen LogP contribution in [-0.4, -0.2) is 198 Å². The first-order valence-electron chi connectivity index (χ1n) is 39.2. The highest BCUT2D eigenvalue weighted by atomic mass is 16.3. The van der Waals surface area contributed by atoms with Gasteiger partial charge in [-0.3, -0.25) is 62.2 Å². The summed E-state index contributed by atoms with van der Waals surface area (Å²) in [6, 6.07) is 36.8. The van der Waals surface area contributed by atoms with Crippen LogP contribution in [0.1, 0.15) is 195 Å². The van der Waals surface area contributed by atoms with Crippen molar-refractivity contribution in [2.24, 2.45) is 0 Å². The first kappa shape index (κ1) is 79.9. The molecule has 23 nitrogen and oxygen atoms in total. The quantitative estimate of drug-likeness (QED) is 0.0127. The number of ketones is 2. The molecule has 3 fully saturated rings. The van der Waals surface area contributed by atoms with Gasteiger partial charge in [0.25, 0.3) is 5.91 Å². The number of carbonyl (C=O) groups excluding carboxylic acids is 6. The van der Waals surface area contributed by atoms with Gasteiger partial charge in [0, 0.05) is 129 Å². The Hall–Kier alpha value is -9.10. The predicted molar refractivity (Wildman–Crippen MR) is 422 cm³/mol. The lowest BCUT2D eigenvalue weighted by Gasteiger charge is -2.35. The van der Waals surface area contributed by atoms with Crippen molar-refractivity contribution in [3.63, 3.8) is 0 Å². The van der Waals surface area contributed by atoms with E-state index in [1.54, 1.807) is 12.1 Å². The number of rotatable bonds is 34. The number of aromatic nitrogens is 6. The largest absolute Gasteiger partial charge is 0.390 e. The number of nitrogens with zero attached hydrogens (tertiary/aromatic N) is 13. The zero-order chi connectivity index (χ0) is 74.6. The molecular formula is C85H113N15O8. The van der Waals surface area contributed by atoms with Gasteiger partial charge in [-0.25, -0.2) is 9.97 Å². The van der Waals surface area contributed by atoms with Gasteiger partial charge in [0.05, 0.1) is 65.9 Å². The van der Waals surface area contributed by atoms with Gasteiger partial charge in [0.15, 0.2) is 0 Å². The molecular weight excluding hydrogens is 1360 g/mol. The third-order valence-corrected chi connectivity index (χ3v) is 22.1. The molecule has 4 N–H and O–H groups in total. The number of aryl methyl sites for hydroxylation is 5. The number of hydrogen-bond acceptors (Lipinski definition) is 18. The molecule has 13 rings (SSSR count). The van der Waals surface area contributed by atoms with E-state index in [-0.39, 0.29) is 74.3 Å². The maximum absolute atomic E-state index is 12.7. The Morgan fingerprint density at radius 2 is 0.972 bits per heavy atom. The van der Waals surface area contributed by atoms with Crippen molar-refractivity contribution in [1.82, 2.24) is 63.9 Å². The highest BCUT2D eigenvalue weighted by molar-refractivity contribution is 6.07. The van der Waals surface area contributed by atoms with Crippen LogP contribution in [-0.2, 0) is 82.4 Å². The number of carbonyl (C=O) groups is 6. The van der Waals surface area contributed by atoms with Gasteiger partial charge in [0.2, 0.25) is 17.7 Å². The Morgan fingerprint density at radius 1 is 0.519 bits per heavy atom. The van der Waals surface area contributed by atoms with Crippen LogP contribution in [0.2, 0.25) is 0 Å². The lowest BCUT2D eigenvalue weighted by molar-refractivity contribution is -0.136. The fraction of sp³-hybridized carbons (Fsp3) is 0.506. The van der Waals surface area contributed by atoms with Crippen LogP contribution in [0.15, 0.2) is 122 Å². The smallest absolute Gasteiger partial charge is 0.260 e. The summed E-state index contributed by atoms with van der Waals surface area (Å²) in [5.41, 5.74) is 14.0. The molecule has 2 aliphatic carbocycles. The molecule has 23 heteroatoms. The summed E-state index contributed by atoms with van der Waals surface area (Å²) in [6.45, 7) is 13.6. The number of fused-ring (bicyclic) bond motifs is 4. The Morgan fingerprint density at radius 3 is 1.40 bits per heavy atom. The monoisotopic (exact) mass is 1470 g/mol. The number of hydrogen-bond donors (Lipinski definition) is 4. The Labute approximate surface area is 637 Å². The summed E-state index contributed by atoms with van der Waals surface area (Å²) in [6.07, 6.45) is 19.1. The number of imidazole rings is 2. The van der Waals surface area contributed by atoms with Crippen molar-refractivity contribution in [2.45, 2.75) is 181 Å². The minimum atomic E-state index is -0.240. The molecule has 0 spiro atoms. The predicted octanol–water partition coefficient (Wildman–Crippen LogP) is 10.0. The van der Waals surface area contributed by atoms with Gasteiger partial charge >= 0.3 is 0 Å². The number of nitrogens with one attached hydrogen (secondary N) is 2. The van der Waals surface area contributed by atoms with Crippen LogP contribution in [0.3, 0.4) is 0 Å². The molecule has 4 amide bonds. The third kappa shape index (κ3) is 20.8. The number of Topliss-reactive ketones (excluding diaryl/α,β-unsaturated/α-hetero) is 2. The highest BCUT2D eigenvalue weighted by Crippen LogP contribution is 2.37. The number of pyridine rings is 4. The normalized spacial score (nSPS) is 16.7. The fourth-order valence-corrected chi connectivity index (χ4v) is 15.9. The van der Waals surface area contributed by atoms with E-state index in [2.05, 4.69) is 111 Å². The molecule has 6 aromatic heterocycles. The molecule has 9 heterocycles. The molecule has 3 aliphatic heterocycles. The van der Waals surface area contributed by atoms with Crippen LogP contribution in [0.25, 0.3) is 11.3 Å². The van der Waals surface area contributed by atoms with Gasteiger partial charge in [0.1, 0.15) is 34.5 Å². The van der Waals surface area contributed by atoms with E-state index in [9.17, 15) is 39.0 Å². The summed E-state index contributed by atoms with van der Waals surface area (Å²) >= 11 is 0. The van der Waals surface area contributed by atoms with E-state index >= 15 is 0 Å². The summed E-state index contributed by atoms with van der Waals surface area (Å²) in [7, 11) is 4.31. The van der Waals surface area contributed by atoms with Gasteiger partial charge in [-0.2, -0.15) is 0 Å². The average molecular weight is 1470 g/mol. The second-order valence-electron chi connectivity index (χ2n) is 29.8. The number of likely N-dealkylation sites (tertiary alicyclic amines) is 1. The van der Waals surface area contributed by atoms with Crippen molar-refractivity contribution in [3.05, 3.63) is 189 Å². The van der Waals surface area contributed by atoms with Crippen LogP contribution in [0, 0.1) is 0 Å². The van der Waals surface area contributed by atoms with Crippen molar-refractivity contribution in [3.8, 4) is 0 Å². The van der Waals surface area contributed by atoms with Gasteiger partial charge in [-0.1, -0.05) is 68.1 Å². The fourth-order valence-electron chi connectivity index (χ4n) is 15.9. The number of piperazine rings is 2. The lowest BCUT2D eigenvalue weighted by Crippen LogP contribution is -2.47. The van der Waals surface area contributed by atoms with E-state index in [0.717, 1.165) is 217 Å². The molecule has 108 heavy (non-hydrogen) atoms. The molecule has 3 saturated heterocycles. The maximum Gasteiger partial charge on any atom is 0.260 e. The summed E-state index contributed by atoms with van der Waals surface area (Å²) < 4.78 is 4.30. The number of β-lactam (4-membered cyclic amide) rings is 1. The Kier molecular flexibility index (Phi) is 29.1. The molecule has 0 bridgehead atoms. The maximum atomic E-state index is 12.7. The van der Waals surface area contributed by atoms with E-state index < -0.39 is 0 Å². The van der Waals surface area contributed by atoms with E-state index in [1.165, 1.54) is 28.5 Å². The van der Waals surface area contributed by atoms with Crippen LogP contribution >= 0.6 is 0 Å². The number of benzene rings is 2. The molecule has 0 saturated carbocycles. The van der Waals surface area contributed by atoms with Crippen molar-refractivity contribution in [1.29, 1.82) is 0 Å². The molecule has 2 atom stereocenters. The van der Waals surface area contributed by atoms with E-state index in [1.807, 2.05) is 60.9 Å². The SMILES string of the molecule is C.CC(=O)CC(=O)CCc1ccc(CCCC(=O)NCCCCN(Cc2nc3cccc(N4CCN(C)CC4)n3c2CO)[C@H]2CCCc3cccnc32)cc1.CN1CCN(c2cccc3nc(CN(CCCCNC(=O)CCCc4ccc(C(=O)N5CCC5=O)cc4)[C@H]4CCCc5cccnc54)c(CO)n23)CC1. The topological polar surface area (TPSA) is 250 Å². The zero-order valence-electron chi connectivity index (χ0n) is 63.0. The standard InChI is InChI=1S/C43H57N7O4.C41H52N8O4.CH4/c1-32(52)29-36(53)21-20-34-18-16-33(17-19-34)9-5-14-41(54)44-22-3-4-24-49(38-12-6-10-35-11-8-23-45-43(35)38)30-37-39(31-51)50-40(46-37)13-7-15-42(50)48-27-25-47(2)26-28-48;1-45-24-26-46(27-25-45)38-14-6-12-36-44-33(35(29-50)49(36)38)28-47(34-11-5-9-31-10-7-21-43-40(31)34)22-3-2-20-42-37(51)13-4-8-30-15-17-32(18-16-30)41(53)48-23-19-39(48)52;/h7-8,11,13,15-19,23,38,51H,3-6,9-10,12,14,20-22,24-31H2,1-2H3,(H,44,54);6-7,10,12,14-18,21,34,50H,2-5,8-9,11,13,19-20,22-29H2,1H3,(H,42,51);1H4/t38-;34-;/m00./s1. The van der Waals surface area contributed by atoms with Crippen LogP contribution in [0.5, 0.6) is 0 Å². The number of aliphatic hydroxyl groups is 2. The second-order valence-corrected chi connectivity index (χ2v) is 29.8. The number of amides is 4. The summed E-state index contributed by atoms with van der Waals surface area (Å²) in [5.74, 6) is 1.82. The van der Waals surface area contributed by atoms with Gasteiger partial charge in [-0.05, 0) is 207 Å². The number of imide groups is 1. The molecule has 2 aromatic carbocycles. The molecule has 0 radical (unpaired) electrons. The highest BCUT2D eigenvalue weighted by Gasteiger charge is 2.33. The molecule has 8 aromatic rings. The molecule has 576 valence electrons. The Balaban J connectivity index is 0.000000213.